The van der Waals surface area contributed by atoms with Gasteiger partial charge in [-0.05, 0) is 31.4 Å². The first-order valence-electron chi connectivity index (χ1n) is 9.13. The maximum Gasteiger partial charge on any atom is 0.191 e. The van der Waals surface area contributed by atoms with Crippen molar-refractivity contribution in [2.75, 3.05) is 47.1 Å². The number of nitrogens with one attached hydrogen (secondary N) is 2. The van der Waals surface area contributed by atoms with E-state index in [1.54, 1.807) is 26.3 Å². The van der Waals surface area contributed by atoms with Crippen LogP contribution in [0.5, 0.6) is 5.75 Å². The molecule has 0 aliphatic carbocycles. The SMILES string of the molecule is CCC(CNC(=NC)NCCCCOCCOC)Oc1cccc(F)c1. The minimum Gasteiger partial charge on any atom is -0.489 e. The molecule has 0 aromatic heterocycles. The van der Waals surface area contributed by atoms with E-state index in [4.69, 9.17) is 14.2 Å². The molecule has 0 saturated heterocycles. The molecule has 0 heterocycles. The van der Waals surface area contributed by atoms with Gasteiger partial charge in [-0.2, -0.15) is 0 Å². The molecule has 0 fully saturated rings. The molecule has 7 heteroatoms. The number of benzene rings is 1. The van der Waals surface area contributed by atoms with Gasteiger partial charge in [0.05, 0.1) is 19.8 Å². The van der Waals surface area contributed by atoms with Gasteiger partial charge in [-0.15, -0.1) is 0 Å². The van der Waals surface area contributed by atoms with Crippen molar-refractivity contribution >= 4 is 5.96 Å². The lowest BCUT2D eigenvalue weighted by molar-refractivity contribution is 0.0689. The summed E-state index contributed by atoms with van der Waals surface area (Å²) in [6, 6.07) is 6.20. The van der Waals surface area contributed by atoms with Crippen LogP contribution >= 0.6 is 0 Å². The Morgan fingerprint density at radius 2 is 2.04 bits per heavy atom. The summed E-state index contributed by atoms with van der Waals surface area (Å²) < 4.78 is 29.4. The number of methoxy groups -OCH3 is 1. The summed E-state index contributed by atoms with van der Waals surface area (Å²) in [5, 5.41) is 6.51. The molecule has 1 aromatic rings. The van der Waals surface area contributed by atoms with Gasteiger partial charge in [0, 0.05) is 33.4 Å². The average Bonchev–Trinajstić information content (AvgIpc) is 2.65. The van der Waals surface area contributed by atoms with Gasteiger partial charge in [0.15, 0.2) is 5.96 Å². The smallest absolute Gasteiger partial charge is 0.191 e. The monoisotopic (exact) mass is 369 g/mol. The first-order chi connectivity index (χ1) is 12.7. The summed E-state index contributed by atoms with van der Waals surface area (Å²) >= 11 is 0. The van der Waals surface area contributed by atoms with E-state index in [0.29, 0.717) is 25.5 Å². The summed E-state index contributed by atoms with van der Waals surface area (Å²) in [6.45, 7) is 5.44. The van der Waals surface area contributed by atoms with Gasteiger partial charge in [-0.1, -0.05) is 13.0 Å². The highest BCUT2D eigenvalue weighted by Gasteiger charge is 2.09. The van der Waals surface area contributed by atoms with Crippen LogP contribution in [0.4, 0.5) is 4.39 Å². The number of aliphatic imine (C=N–C) groups is 1. The summed E-state index contributed by atoms with van der Waals surface area (Å²) in [5.41, 5.74) is 0. The lowest BCUT2D eigenvalue weighted by Crippen LogP contribution is -2.42. The molecular formula is C19H32FN3O3. The van der Waals surface area contributed by atoms with Crippen LogP contribution < -0.4 is 15.4 Å². The first-order valence-corrected chi connectivity index (χ1v) is 9.13. The highest BCUT2D eigenvalue weighted by molar-refractivity contribution is 5.79. The molecule has 1 aromatic carbocycles. The van der Waals surface area contributed by atoms with E-state index < -0.39 is 0 Å². The largest absolute Gasteiger partial charge is 0.489 e. The minimum absolute atomic E-state index is 0.0652. The van der Waals surface area contributed by atoms with E-state index in [0.717, 1.165) is 38.4 Å². The highest BCUT2D eigenvalue weighted by atomic mass is 19.1. The maximum absolute atomic E-state index is 13.2. The lowest BCUT2D eigenvalue weighted by Gasteiger charge is -2.20. The van der Waals surface area contributed by atoms with Crippen molar-refractivity contribution in [3.63, 3.8) is 0 Å². The molecule has 0 saturated carbocycles. The molecule has 2 N–H and O–H groups in total. The second-order valence-corrected chi connectivity index (χ2v) is 5.80. The topological polar surface area (TPSA) is 64.1 Å². The number of ether oxygens (including phenoxy) is 3. The van der Waals surface area contributed by atoms with E-state index >= 15 is 0 Å². The predicted octanol–water partition coefficient (Wildman–Crippen LogP) is 2.59. The Morgan fingerprint density at radius 3 is 2.73 bits per heavy atom. The first kappa shape index (κ1) is 22.2. The summed E-state index contributed by atoms with van der Waals surface area (Å²) in [7, 11) is 3.40. The Bertz CT molecular complexity index is 515. The van der Waals surface area contributed by atoms with Gasteiger partial charge in [0.1, 0.15) is 17.7 Å². The van der Waals surface area contributed by atoms with Crippen molar-refractivity contribution in [1.82, 2.24) is 10.6 Å². The summed E-state index contributed by atoms with van der Waals surface area (Å²) in [5.74, 6) is 0.968. The standard InChI is InChI=1S/C19H32FN3O3/c1-4-17(26-18-9-7-8-16(20)14-18)15-23-19(21-2)22-10-5-6-11-25-13-12-24-3/h7-9,14,17H,4-6,10-13,15H2,1-3H3,(H2,21,22,23). The number of unbranched alkanes of at least 4 members (excludes halogenated alkanes) is 1. The normalized spacial score (nSPS) is 12.7. The van der Waals surface area contributed by atoms with Crippen LogP contribution in [-0.2, 0) is 9.47 Å². The van der Waals surface area contributed by atoms with Crippen LogP contribution in [0.15, 0.2) is 29.3 Å². The van der Waals surface area contributed by atoms with Gasteiger partial charge in [-0.3, -0.25) is 4.99 Å². The second-order valence-electron chi connectivity index (χ2n) is 5.80. The molecule has 0 amide bonds. The number of hydrogen-bond donors (Lipinski definition) is 2. The second kappa shape index (κ2) is 14.3. The van der Waals surface area contributed by atoms with E-state index in [9.17, 15) is 4.39 Å². The zero-order valence-electron chi connectivity index (χ0n) is 16.1. The van der Waals surface area contributed by atoms with Gasteiger partial charge in [0.2, 0.25) is 0 Å². The molecule has 1 atom stereocenters. The van der Waals surface area contributed by atoms with Crippen molar-refractivity contribution in [2.24, 2.45) is 4.99 Å². The van der Waals surface area contributed by atoms with Crippen LogP contribution in [0.1, 0.15) is 26.2 Å². The molecule has 0 bridgehead atoms. The van der Waals surface area contributed by atoms with E-state index in [2.05, 4.69) is 15.6 Å². The quantitative estimate of drug-likeness (QED) is 0.318. The van der Waals surface area contributed by atoms with E-state index in [1.807, 2.05) is 6.92 Å². The lowest BCUT2D eigenvalue weighted by atomic mass is 10.2. The number of guanidine groups is 1. The Kier molecular flexibility index (Phi) is 12.2. The Morgan fingerprint density at radius 1 is 1.19 bits per heavy atom. The van der Waals surface area contributed by atoms with Crippen molar-refractivity contribution in [2.45, 2.75) is 32.3 Å². The molecular weight excluding hydrogens is 337 g/mol. The molecule has 1 rings (SSSR count). The fourth-order valence-corrected chi connectivity index (χ4v) is 2.21. The van der Waals surface area contributed by atoms with E-state index in [1.165, 1.54) is 12.1 Å². The fraction of sp³-hybridized carbons (Fsp3) is 0.632. The third kappa shape index (κ3) is 10.2. The molecule has 0 aliphatic rings. The third-order valence-electron chi connectivity index (χ3n) is 3.71. The van der Waals surface area contributed by atoms with Gasteiger partial charge in [-0.25, -0.2) is 4.39 Å². The molecule has 0 spiro atoms. The van der Waals surface area contributed by atoms with E-state index in [-0.39, 0.29) is 11.9 Å². The zero-order chi connectivity index (χ0) is 19.0. The molecule has 0 aliphatic heterocycles. The maximum atomic E-state index is 13.2. The van der Waals surface area contributed by atoms with Crippen LogP contribution in [0, 0.1) is 5.82 Å². The number of halogens is 1. The highest BCUT2D eigenvalue weighted by Crippen LogP contribution is 2.14. The Balaban J connectivity index is 2.21. The number of hydrogen-bond acceptors (Lipinski definition) is 4. The van der Waals surface area contributed by atoms with Crippen LogP contribution in [0.3, 0.4) is 0 Å². The molecule has 0 radical (unpaired) electrons. The van der Waals surface area contributed by atoms with Gasteiger partial charge < -0.3 is 24.8 Å². The van der Waals surface area contributed by atoms with Crippen molar-refractivity contribution in [3.8, 4) is 5.75 Å². The fourth-order valence-electron chi connectivity index (χ4n) is 2.21. The van der Waals surface area contributed by atoms with Gasteiger partial charge in [0.25, 0.3) is 0 Å². The van der Waals surface area contributed by atoms with Gasteiger partial charge >= 0.3 is 0 Å². The van der Waals surface area contributed by atoms with Crippen molar-refractivity contribution < 1.29 is 18.6 Å². The van der Waals surface area contributed by atoms with Crippen molar-refractivity contribution in [1.29, 1.82) is 0 Å². The third-order valence-corrected chi connectivity index (χ3v) is 3.71. The average molecular weight is 369 g/mol. The zero-order valence-corrected chi connectivity index (χ0v) is 16.1. The number of rotatable bonds is 13. The molecule has 6 nitrogen and oxygen atoms in total. The van der Waals surface area contributed by atoms with Crippen LogP contribution in [0.25, 0.3) is 0 Å². The van der Waals surface area contributed by atoms with Crippen LogP contribution in [-0.4, -0.2) is 59.1 Å². The Hall–Kier alpha value is -1.86. The van der Waals surface area contributed by atoms with Crippen molar-refractivity contribution in [3.05, 3.63) is 30.1 Å². The van der Waals surface area contributed by atoms with Crippen LogP contribution in [0.2, 0.25) is 0 Å². The predicted molar refractivity (Wildman–Crippen MR) is 102 cm³/mol. The Labute approximate surface area is 156 Å². The summed E-state index contributed by atoms with van der Waals surface area (Å²) in [4.78, 5) is 4.20. The minimum atomic E-state index is -0.297. The summed E-state index contributed by atoms with van der Waals surface area (Å²) in [6.07, 6.45) is 2.71. The molecule has 26 heavy (non-hydrogen) atoms. The number of nitrogens with zero attached hydrogens (tertiary/aromatic N) is 1. The molecule has 148 valence electrons. The molecule has 1 unspecified atom stereocenters.